The van der Waals surface area contributed by atoms with E-state index in [0.29, 0.717) is 18.3 Å². The highest BCUT2D eigenvalue weighted by Crippen LogP contribution is 2.08. The van der Waals surface area contributed by atoms with Crippen LogP contribution in [0.25, 0.3) is 0 Å². The van der Waals surface area contributed by atoms with E-state index in [9.17, 15) is 0 Å². The summed E-state index contributed by atoms with van der Waals surface area (Å²) in [7, 11) is 4.08. The Labute approximate surface area is 84.7 Å². The minimum Gasteiger partial charge on any atom is -0.478 e. The van der Waals surface area contributed by atoms with Gasteiger partial charge in [-0.3, -0.25) is 0 Å². The molecule has 1 aromatic heterocycles. The van der Waals surface area contributed by atoms with E-state index in [4.69, 9.17) is 10.5 Å². The summed E-state index contributed by atoms with van der Waals surface area (Å²) >= 11 is 0. The molecule has 0 atom stereocenters. The molecule has 4 nitrogen and oxygen atoms in total. The Balaban J connectivity index is 2.25. The van der Waals surface area contributed by atoms with Crippen molar-refractivity contribution in [3.63, 3.8) is 0 Å². The van der Waals surface area contributed by atoms with Gasteiger partial charge in [0.2, 0.25) is 5.88 Å². The van der Waals surface area contributed by atoms with Crippen LogP contribution in [0, 0.1) is 0 Å². The number of nitrogen functional groups attached to an aromatic ring is 1. The largest absolute Gasteiger partial charge is 0.478 e. The van der Waals surface area contributed by atoms with Crippen molar-refractivity contribution in [3.8, 4) is 5.88 Å². The van der Waals surface area contributed by atoms with Crippen molar-refractivity contribution in [2.45, 2.75) is 6.42 Å². The summed E-state index contributed by atoms with van der Waals surface area (Å²) in [5.41, 5.74) is 5.51. The normalized spacial score (nSPS) is 10.5. The van der Waals surface area contributed by atoms with Crippen LogP contribution in [0.2, 0.25) is 0 Å². The highest BCUT2D eigenvalue weighted by molar-refractivity contribution is 5.30. The van der Waals surface area contributed by atoms with Crippen molar-refractivity contribution >= 4 is 5.82 Å². The summed E-state index contributed by atoms with van der Waals surface area (Å²) < 4.78 is 5.42. The molecule has 0 radical (unpaired) electrons. The maximum Gasteiger partial charge on any atom is 0.215 e. The SMILES string of the molecule is CN(C)CCCOc1cccc(N)n1. The Morgan fingerprint density at radius 3 is 2.86 bits per heavy atom. The van der Waals surface area contributed by atoms with Crippen LogP contribution in [0.15, 0.2) is 18.2 Å². The highest BCUT2D eigenvalue weighted by atomic mass is 16.5. The van der Waals surface area contributed by atoms with Crippen LogP contribution < -0.4 is 10.5 Å². The van der Waals surface area contributed by atoms with Gasteiger partial charge in [0.05, 0.1) is 6.61 Å². The molecular weight excluding hydrogens is 178 g/mol. The average Bonchev–Trinajstić information content (AvgIpc) is 2.12. The van der Waals surface area contributed by atoms with Gasteiger partial charge in [0.15, 0.2) is 0 Å². The van der Waals surface area contributed by atoms with Crippen molar-refractivity contribution in [2.24, 2.45) is 0 Å². The molecule has 0 bridgehead atoms. The van der Waals surface area contributed by atoms with Crippen molar-refractivity contribution in [3.05, 3.63) is 18.2 Å². The number of aromatic nitrogens is 1. The number of nitrogens with two attached hydrogens (primary N) is 1. The molecule has 0 fully saturated rings. The van der Waals surface area contributed by atoms with E-state index in [1.54, 1.807) is 6.07 Å². The third kappa shape index (κ3) is 4.09. The first-order valence-electron chi connectivity index (χ1n) is 4.68. The van der Waals surface area contributed by atoms with Gasteiger partial charge in [-0.05, 0) is 26.6 Å². The maximum absolute atomic E-state index is 5.51. The molecule has 14 heavy (non-hydrogen) atoms. The first-order valence-corrected chi connectivity index (χ1v) is 4.68. The number of ether oxygens (including phenoxy) is 1. The molecule has 4 heteroatoms. The molecule has 0 aliphatic heterocycles. The third-order valence-electron chi connectivity index (χ3n) is 1.74. The first kappa shape index (κ1) is 10.8. The minimum atomic E-state index is 0.495. The molecule has 0 amide bonds. The highest BCUT2D eigenvalue weighted by Gasteiger charge is 1.96. The van der Waals surface area contributed by atoms with Crippen LogP contribution in [0.4, 0.5) is 5.82 Å². The number of anilines is 1. The van der Waals surface area contributed by atoms with Gasteiger partial charge in [0.1, 0.15) is 5.82 Å². The fourth-order valence-corrected chi connectivity index (χ4v) is 1.07. The van der Waals surface area contributed by atoms with E-state index in [1.807, 2.05) is 26.2 Å². The van der Waals surface area contributed by atoms with Crippen LogP contribution in [0.5, 0.6) is 5.88 Å². The standard InChI is InChI=1S/C10H17N3O/c1-13(2)7-4-8-14-10-6-3-5-9(11)12-10/h3,5-6H,4,7-8H2,1-2H3,(H2,11,12). The van der Waals surface area contributed by atoms with Gasteiger partial charge in [-0.2, -0.15) is 4.98 Å². The van der Waals surface area contributed by atoms with Gasteiger partial charge in [0, 0.05) is 12.6 Å². The average molecular weight is 195 g/mol. The van der Waals surface area contributed by atoms with E-state index in [-0.39, 0.29) is 0 Å². The third-order valence-corrected chi connectivity index (χ3v) is 1.74. The van der Waals surface area contributed by atoms with Gasteiger partial charge in [-0.15, -0.1) is 0 Å². The molecule has 0 saturated heterocycles. The van der Waals surface area contributed by atoms with E-state index < -0.39 is 0 Å². The fourth-order valence-electron chi connectivity index (χ4n) is 1.07. The van der Waals surface area contributed by atoms with Gasteiger partial charge < -0.3 is 15.4 Å². The Kier molecular flexibility index (Phi) is 4.19. The zero-order valence-electron chi connectivity index (χ0n) is 8.73. The lowest BCUT2D eigenvalue weighted by Gasteiger charge is -2.09. The molecule has 1 heterocycles. The lowest BCUT2D eigenvalue weighted by Crippen LogP contribution is -2.15. The van der Waals surface area contributed by atoms with Crippen LogP contribution >= 0.6 is 0 Å². The summed E-state index contributed by atoms with van der Waals surface area (Å²) in [4.78, 5) is 6.15. The lowest BCUT2D eigenvalue weighted by atomic mass is 10.4. The quantitative estimate of drug-likeness (QED) is 0.712. The van der Waals surface area contributed by atoms with Crippen LogP contribution in [-0.4, -0.2) is 37.1 Å². The minimum absolute atomic E-state index is 0.495. The molecule has 0 aliphatic rings. The summed E-state index contributed by atoms with van der Waals surface area (Å²) in [6, 6.07) is 5.39. The number of rotatable bonds is 5. The second kappa shape index (κ2) is 5.44. The predicted octanol–water partition coefficient (Wildman–Crippen LogP) is 0.994. The Hall–Kier alpha value is -1.29. The molecule has 2 N–H and O–H groups in total. The van der Waals surface area contributed by atoms with Gasteiger partial charge in [-0.1, -0.05) is 6.07 Å². The summed E-state index contributed by atoms with van der Waals surface area (Å²) in [6.07, 6.45) is 0.990. The van der Waals surface area contributed by atoms with E-state index in [0.717, 1.165) is 13.0 Å². The maximum atomic E-state index is 5.51. The van der Waals surface area contributed by atoms with Crippen molar-refractivity contribution in [1.82, 2.24) is 9.88 Å². The van der Waals surface area contributed by atoms with E-state index >= 15 is 0 Å². The van der Waals surface area contributed by atoms with Crippen molar-refractivity contribution < 1.29 is 4.74 Å². The van der Waals surface area contributed by atoms with Gasteiger partial charge in [-0.25, -0.2) is 0 Å². The van der Waals surface area contributed by atoms with Crippen molar-refractivity contribution in [1.29, 1.82) is 0 Å². The van der Waals surface area contributed by atoms with Crippen molar-refractivity contribution in [2.75, 3.05) is 33.0 Å². The zero-order chi connectivity index (χ0) is 10.4. The second-order valence-electron chi connectivity index (χ2n) is 3.41. The first-order chi connectivity index (χ1) is 6.68. The Morgan fingerprint density at radius 2 is 2.21 bits per heavy atom. The molecule has 0 saturated carbocycles. The summed E-state index contributed by atoms with van der Waals surface area (Å²) in [5.74, 6) is 1.10. The number of nitrogens with zero attached hydrogens (tertiary/aromatic N) is 2. The zero-order valence-corrected chi connectivity index (χ0v) is 8.73. The monoisotopic (exact) mass is 195 g/mol. The number of hydrogen-bond acceptors (Lipinski definition) is 4. The Morgan fingerprint density at radius 1 is 1.43 bits per heavy atom. The summed E-state index contributed by atoms with van der Waals surface area (Å²) in [6.45, 7) is 1.69. The van der Waals surface area contributed by atoms with Gasteiger partial charge >= 0.3 is 0 Å². The summed E-state index contributed by atoms with van der Waals surface area (Å²) in [5, 5.41) is 0. The number of hydrogen-bond donors (Lipinski definition) is 1. The topological polar surface area (TPSA) is 51.4 Å². The second-order valence-corrected chi connectivity index (χ2v) is 3.41. The molecule has 1 rings (SSSR count). The Bertz CT molecular complexity index is 276. The molecule has 0 aromatic carbocycles. The van der Waals surface area contributed by atoms with Gasteiger partial charge in [0.25, 0.3) is 0 Å². The molecule has 0 spiro atoms. The lowest BCUT2D eigenvalue weighted by molar-refractivity contribution is 0.273. The molecule has 0 unspecified atom stereocenters. The predicted molar refractivity (Wildman–Crippen MR) is 57.3 cm³/mol. The van der Waals surface area contributed by atoms with Crippen LogP contribution in [-0.2, 0) is 0 Å². The molecule has 1 aromatic rings. The smallest absolute Gasteiger partial charge is 0.215 e. The van der Waals surface area contributed by atoms with E-state index in [1.165, 1.54) is 0 Å². The number of pyridine rings is 1. The van der Waals surface area contributed by atoms with Crippen LogP contribution in [0.1, 0.15) is 6.42 Å². The molecular formula is C10H17N3O. The fraction of sp³-hybridized carbons (Fsp3) is 0.500. The van der Waals surface area contributed by atoms with E-state index in [2.05, 4.69) is 9.88 Å². The molecule has 0 aliphatic carbocycles. The van der Waals surface area contributed by atoms with Crippen LogP contribution in [0.3, 0.4) is 0 Å². The molecule has 78 valence electrons.